The number of nitrogens with zero attached hydrogens (tertiary/aromatic N) is 1. The normalized spacial score (nSPS) is 13.0. The van der Waals surface area contributed by atoms with Crippen molar-refractivity contribution >= 4 is 0 Å². The van der Waals surface area contributed by atoms with Crippen LogP contribution in [0, 0.1) is 0 Å². The summed E-state index contributed by atoms with van der Waals surface area (Å²) in [5.74, 6) is 1.38. The van der Waals surface area contributed by atoms with E-state index in [9.17, 15) is 5.11 Å². The lowest BCUT2D eigenvalue weighted by molar-refractivity contribution is 0.169. The predicted octanol–water partition coefficient (Wildman–Crippen LogP) is 3.71. The maximum Gasteiger partial charge on any atom is 0.161 e. The lowest BCUT2D eigenvalue weighted by Crippen LogP contribution is -2.28. The highest BCUT2D eigenvalue weighted by atomic mass is 16.5. The van der Waals surface area contributed by atoms with Crippen LogP contribution >= 0.6 is 0 Å². The monoisotopic (exact) mass is 378 g/mol. The van der Waals surface area contributed by atoms with Crippen LogP contribution in [0.5, 0.6) is 11.5 Å². The van der Waals surface area contributed by atoms with Crippen LogP contribution in [0.3, 0.4) is 0 Å². The average molecular weight is 378 g/mol. The summed E-state index contributed by atoms with van der Waals surface area (Å²) in [7, 11) is 3.26. The largest absolute Gasteiger partial charge is 0.493 e. The Hall–Kier alpha value is -2.89. The zero-order valence-electron chi connectivity index (χ0n) is 16.2. The number of hydrogen-bond donors (Lipinski definition) is 2. The van der Waals surface area contributed by atoms with Gasteiger partial charge in [0.05, 0.1) is 20.3 Å². The first-order valence-electron chi connectivity index (χ1n) is 9.28. The molecule has 1 aromatic heterocycles. The lowest BCUT2D eigenvalue weighted by Gasteiger charge is -2.22. The van der Waals surface area contributed by atoms with Crippen LogP contribution in [-0.2, 0) is 6.42 Å². The molecular weight excluding hydrogens is 352 g/mol. The molecule has 1 unspecified atom stereocenters. The minimum absolute atomic E-state index is 0.00790. The van der Waals surface area contributed by atoms with Gasteiger partial charge in [-0.2, -0.15) is 0 Å². The van der Waals surface area contributed by atoms with Gasteiger partial charge in [0, 0.05) is 30.5 Å². The first kappa shape index (κ1) is 19.9. The number of aliphatic hydroxyl groups is 1. The van der Waals surface area contributed by atoms with Crippen LogP contribution in [0.2, 0.25) is 0 Å². The second kappa shape index (κ2) is 9.88. The molecule has 0 saturated heterocycles. The van der Waals surface area contributed by atoms with E-state index in [0.29, 0.717) is 18.0 Å². The molecule has 3 rings (SSSR count). The van der Waals surface area contributed by atoms with Crippen LogP contribution in [0.15, 0.2) is 73.1 Å². The third-order valence-corrected chi connectivity index (χ3v) is 4.72. The summed E-state index contributed by atoms with van der Waals surface area (Å²) in [6.45, 7) is 0.414. The van der Waals surface area contributed by atoms with E-state index in [4.69, 9.17) is 9.47 Å². The number of rotatable bonds is 9. The highest BCUT2D eigenvalue weighted by molar-refractivity contribution is 5.44. The molecule has 0 bridgehead atoms. The Labute approximate surface area is 166 Å². The summed E-state index contributed by atoms with van der Waals surface area (Å²) in [6, 6.07) is 19.9. The zero-order valence-corrected chi connectivity index (χ0v) is 16.2. The van der Waals surface area contributed by atoms with Crippen molar-refractivity contribution in [3.05, 3.63) is 89.7 Å². The first-order chi connectivity index (χ1) is 13.7. The van der Waals surface area contributed by atoms with Gasteiger partial charge in [0.1, 0.15) is 0 Å². The Bertz CT molecular complexity index is 856. The quantitative estimate of drug-likeness (QED) is 0.594. The third kappa shape index (κ3) is 5.09. The van der Waals surface area contributed by atoms with E-state index in [1.807, 2.05) is 48.5 Å². The molecule has 146 valence electrons. The molecule has 5 nitrogen and oxygen atoms in total. The molecule has 28 heavy (non-hydrogen) atoms. The Balaban J connectivity index is 1.81. The molecule has 5 heteroatoms. The van der Waals surface area contributed by atoms with E-state index in [2.05, 4.69) is 22.4 Å². The van der Waals surface area contributed by atoms with Crippen LogP contribution in [-0.4, -0.2) is 30.9 Å². The Kier molecular flexibility index (Phi) is 7.00. The summed E-state index contributed by atoms with van der Waals surface area (Å²) < 4.78 is 10.8. The van der Waals surface area contributed by atoms with Crippen LogP contribution in [0.25, 0.3) is 0 Å². The summed E-state index contributed by atoms with van der Waals surface area (Å²) in [4.78, 5) is 4.08. The molecule has 1 heterocycles. The van der Waals surface area contributed by atoms with E-state index >= 15 is 0 Å². The summed E-state index contributed by atoms with van der Waals surface area (Å²) in [6.07, 6.45) is 3.54. The smallest absolute Gasteiger partial charge is 0.161 e. The van der Waals surface area contributed by atoms with E-state index in [1.54, 1.807) is 26.6 Å². The van der Waals surface area contributed by atoms with Gasteiger partial charge in [-0.3, -0.25) is 4.98 Å². The maximum atomic E-state index is 10.5. The van der Waals surface area contributed by atoms with Crippen molar-refractivity contribution in [2.24, 2.45) is 0 Å². The second-order valence-corrected chi connectivity index (χ2v) is 6.57. The van der Waals surface area contributed by atoms with Gasteiger partial charge in [-0.15, -0.1) is 0 Å². The first-order valence-corrected chi connectivity index (χ1v) is 9.28. The number of nitrogens with one attached hydrogen (secondary N) is 1. The maximum absolute atomic E-state index is 10.5. The molecule has 0 aliphatic heterocycles. The van der Waals surface area contributed by atoms with Crippen molar-refractivity contribution in [1.82, 2.24) is 10.3 Å². The van der Waals surface area contributed by atoms with Crippen molar-refractivity contribution in [3.8, 4) is 11.5 Å². The fourth-order valence-corrected chi connectivity index (χ4v) is 3.17. The molecule has 2 aromatic carbocycles. The third-order valence-electron chi connectivity index (χ3n) is 4.72. The predicted molar refractivity (Wildman–Crippen MR) is 110 cm³/mol. The molecule has 0 spiro atoms. The second-order valence-electron chi connectivity index (χ2n) is 6.57. The highest BCUT2D eigenvalue weighted by Crippen LogP contribution is 2.31. The van der Waals surface area contributed by atoms with Gasteiger partial charge in [0.25, 0.3) is 0 Å². The van der Waals surface area contributed by atoms with Gasteiger partial charge in [-0.25, -0.2) is 0 Å². The molecule has 0 aliphatic rings. The number of pyridine rings is 1. The van der Waals surface area contributed by atoms with Crippen molar-refractivity contribution in [1.29, 1.82) is 0 Å². The molecule has 2 atom stereocenters. The fourth-order valence-electron chi connectivity index (χ4n) is 3.17. The number of benzene rings is 2. The van der Waals surface area contributed by atoms with Gasteiger partial charge in [-0.05, 0) is 35.7 Å². The van der Waals surface area contributed by atoms with E-state index in [-0.39, 0.29) is 6.04 Å². The van der Waals surface area contributed by atoms with Gasteiger partial charge in [0.15, 0.2) is 11.5 Å². The minimum Gasteiger partial charge on any atom is -0.493 e. The molecule has 0 fully saturated rings. The van der Waals surface area contributed by atoms with Crippen molar-refractivity contribution in [2.75, 3.05) is 20.8 Å². The highest BCUT2D eigenvalue weighted by Gasteiger charge is 2.17. The minimum atomic E-state index is -0.632. The summed E-state index contributed by atoms with van der Waals surface area (Å²) in [5.41, 5.74) is 3.08. The number of ether oxygens (including phenoxy) is 2. The molecule has 0 amide bonds. The van der Waals surface area contributed by atoms with Gasteiger partial charge >= 0.3 is 0 Å². The van der Waals surface area contributed by atoms with Gasteiger partial charge in [0.2, 0.25) is 0 Å². The summed E-state index contributed by atoms with van der Waals surface area (Å²) >= 11 is 0. The van der Waals surface area contributed by atoms with Crippen LogP contribution in [0.1, 0.15) is 28.8 Å². The summed E-state index contributed by atoms with van der Waals surface area (Å²) in [5, 5.41) is 14.0. The number of aromatic nitrogens is 1. The van der Waals surface area contributed by atoms with Gasteiger partial charge < -0.3 is 19.9 Å². The van der Waals surface area contributed by atoms with Crippen LogP contribution < -0.4 is 14.8 Å². The number of hydrogen-bond acceptors (Lipinski definition) is 5. The van der Waals surface area contributed by atoms with Gasteiger partial charge in [-0.1, -0.05) is 42.5 Å². The topological polar surface area (TPSA) is 63.6 Å². The van der Waals surface area contributed by atoms with E-state index in [1.165, 1.54) is 5.56 Å². The molecule has 3 aromatic rings. The van der Waals surface area contributed by atoms with Crippen molar-refractivity contribution < 1.29 is 14.6 Å². The van der Waals surface area contributed by atoms with E-state index < -0.39 is 6.10 Å². The Morgan fingerprint density at radius 1 is 0.929 bits per heavy atom. The molecule has 0 radical (unpaired) electrons. The molecular formula is C23H26N2O3. The van der Waals surface area contributed by atoms with E-state index in [0.717, 1.165) is 17.5 Å². The van der Waals surface area contributed by atoms with Crippen molar-refractivity contribution in [3.63, 3.8) is 0 Å². The Morgan fingerprint density at radius 2 is 1.71 bits per heavy atom. The average Bonchev–Trinajstić information content (AvgIpc) is 2.77. The van der Waals surface area contributed by atoms with Crippen LogP contribution in [0.4, 0.5) is 0 Å². The molecule has 2 N–H and O–H groups in total. The molecule has 0 aliphatic carbocycles. The zero-order chi connectivity index (χ0) is 19.8. The fraction of sp³-hybridized carbons (Fsp3) is 0.261. The van der Waals surface area contributed by atoms with Crippen molar-refractivity contribution in [2.45, 2.75) is 18.6 Å². The lowest BCUT2D eigenvalue weighted by atomic mass is 9.98. The molecule has 0 saturated carbocycles. The standard InChI is InChI=1S/C23H26N2O3/c1-27-22-11-10-18(14-23(22)28-2)20(13-17-7-4-3-5-8-17)25-16-21(26)19-9-6-12-24-15-19/h3-12,14-15,20-21,25-26H,13,16H2,1-2H3/t20?,21-/m0/s1. The number of aliphatic hydroxyl groups excluding tert-OH is 1. The Morgan fingerprint density at radius 3 is 2.39 bits per heavy atom. The SMILES string of the molecule is COc1ccc(C(Cc2ccccc2)NC[C@H](O)c2cccnc2)cc1OC. The number of methoxy groups -OCH3 is 2.